The summed E-state index contributed by atoms with van der Waals surface area (Å²) in [6, 6.07) is 11.8. The van der Waals surface area contributed by atoms with Gasteiger partial charge < -0.3 is 14.8 Å². The van der Waals surface area contributed by atoms with Crippen LogP contribution in [-0.2, 0) is 0 Å². The van der Waals surface area contributed by atoms with E-state index in [0.717, 1.165) is 5.56 Å². The second kappa shape index (κ2) is 9.54. The second-order valence-corrected chi connectivity index (χ2v) is 5.34. The van der Waals surface area contributed by atoms with E-state index in [0.29, 0.717) is 35.4 Å². The van der Waals surface area contributed by atoms with Gasteiger partial charge in [-0.15, -0.1) is 0 Å². The second-order valence-electron chi connectivity index (χ2n) is 4.90. The molecule has 0 unspecified atom stereocenters. The predicted octanol–water partition coefficient (Wildman–Crippen LogP) is 4.29. The number of urea groups is 1. The molecule has 7 heteroatoms. The quantitative estimate of drug-likeness (QED) is 0.570. The number of carbonyl (C=O) groups is 1. The summed E-state index contributed by atoms with van der Waals surface area (Å²) >= 11 is 5.79. The lowest BCUT2D eigenvalue weighted by atomic mass is 10.2. The average Bonchev–Trinajstić information content (AvgIpc) is 2.59. The minimum Gasteiger partial charge on any atom is -0.490 e. The molecule has 0 saturated heterocycles. The molecule has 0 radical (unpaired) electrons. The third-order valence-corrected chi connectivity index (χ3v) is 3.30. The molecule has 0 spiro atoms. The maximum Gasteiger partial charge on any atom is 0.339 e. The lowest BCUT2D eigenvalue weighted by Crippen LogP contribution is -2.24. The van der Waals surface area contributed by atoms with Crippen molar-refractivity contribution in [3.05, 3.63) is 53.1 Å². The molecular formula is C18H20ClN3O3. The van der Waals surface area contributed by atoms with Gasteiger partial charge in [0.25, 0.3) is 0 Å². The van der Waals surface area contributed by atoms with Crippen molar-refractivity contribution in [2.24, 2.45) is 5.10 Å². The van der Waals surface area contributed by atoms with Crippen LogP contribution in [0.5, 0.6) is 11.5 Å². The standard InChI is InChI=1S/C18H20ClN3O3/c1-3-24-16-10-5-13(11-17(16)25-4-2)12-20-22-18(23)21-15-8-6-14(19)7-9-15/h5-12H,3-4H2,1-2H3,(H2,21,22,23)/b20-12-. The summed E-state index contributed by atoms with van der Waals surface area (Å²) in [5.74, 6) is 1.31. The molecule has 0 aromatic heterocycles. The molecule has 25 heavy (non-hydrogen) atoms. The maximum absolute atomic E-state index is 11.8. The van der Waals surface area contributed by atoms with Crippen LogP contribution in [0.2, 0.25) is 5.02 Å². The first-order chi connectivity index (χ1) is 12.1. The van der Waals surface area contributed by atoms with Gasteiger partial charge in [0.15, 0.2) is 11.5 Å². The van der Waals surface area contributed by atoms with Crippen LogP contribution in [0.25, 0.3) is 0 Å². The summed E-state index contributed by atoms with van der Waals surface area (Å²) in [7, 11) is 0. The number of anilines is 1. The van der Waals surface area contributed by atoms with Gasteiger partial charge in [0, 0.05) is 10.7 Å². The van der Waals surface area contributed by atoms with Crippen LogP contribution in [0.4, 0.5) is 10.5 Å². The van der Waals surface area contributed by atoms with Crippen LogP contribution in [-0.4, -0.2) is 25.5 Å². The Morgan fingerprint density at radius 1 is 1.08 bits per heavy atom. The summed E-state index contributed by atoms with van der Waals surface area (Å²) in [6.07, 6.45) is 1.53. The number of hydrazone groups is 1. The number of ether oxygens (including phenoxy) is 2. The SMILES string of the molecule is CCOc1ccc(/C=N\NC(=O)Nc2ccc(Cl)cc2)cc1OCC. The number of amides is 2. The van der Waals surface area contributed by atoms with E-state index in [1.807, 2.05) is 26.0 Å². The zero-order valence-electron chi connectivity index (χ0n) is 14.1. The molecule has 132 valence electrons. The third kappa shape index (κ3) is 6.00. The van der Waals surface area contributed by atoms with Crippen LogP contribution in [0.1, 0.15) is 19.4 Å². The first-order valence-electron chi connectivity index (χ1n) is 7.87. The minimum atomic E-state index is -0.449. The summed E-state index contributed by atoms with van der Waals surface area (Å²) in [5.41, 5.74) is 3.80. The van der Waals surface area contributed by atoms with E-state index in [9.17, 15) is 4.79 Å². The number of rotatable bonds is 7. The van der Waals surface area contributed by atoms with Gasteiger partial charge in [-0.2, -0.15) is 5.10 Å². The van der Waals surface area contributed by atoms with Crippen LogP contribution >= 0.6 is 11.6 Å². The minimum absolute atomic E-state index is 0.449. The van der Waals surface area contributed by atoms with Crippen LogP contribution in [0.3, 0.4) is 0 Å². The summed E-state index contributed by atoms with van der Waals surface area (Å²) < 4.78 is 11.1. The average molecular weight is 362 g/mol. The zero-order chi connectivity index (χ0) is 18.1. The van der Waals surface area contributed by atoms with E-state index in [-0.39, 0.29) is 0 Å². The fourth-order valence-corrected chi connectivity index (χ4v) is 2.13. The Kier molecular flexibility index (Phi) is 7.10. The molecule has 0 aliphatic carbocycles. The van der Waals surface area contributed by atoms with Crippen LogP contribution in [0.15, 0.2) is 47.6 Å². The third-order valence-electron chi connectivity index (χ3n) is 3.05. The van der Waals surface area contributed by atoms with Gasteiger partial charge in [-0.1, -0.05) is 11.6 Å². The maximum atomic E-state index is 11.8. The highest BCUT2D eigenvalue weighted by atomic mass is 35.5. The topological polar surface area (TPSA) is 72.0 Å². The molecule has 0 fully saturated rings. The molecule has 2 aromatic carbocycles. The monoisotopic (exact) mass is 361 g/mol. The number of benzene rings is 2. The van der Waals surface area contributed by atoms with Crippen molar-refractivity contribution in [1.82, 2.24) is 5.43 Å². The molecule has 2 rings (SSSR count). The van der Waals surface area contributed by atoms with E-state index in [4.69, 9.17) is 21.1 Å². The molecule has 0 bridgehead atoms. The number of hydrogen-bond donors (Lipinski definition) is 2. The number of nitrogens with zero attached hydrogens (tertiary/aromatic N) is 1. The fourth-order valence-electron chi connectivity index (χ4n) is 2.01. The lowest BCUT2D eigenvalue weighted by molar-refractivity contribution is 0.252. The fraction of sp³-hybridized carbons (Fsp3) is 0.222. The highest BCUT2D eigenvalue weighted by molar-refractivity contribution is 6.30. The van der Waals surface area contributed by atoms with Crippen LogP contribution < -0.4 is 20.2 Å². The van der Waals surface area contributed by atoms with Gasteiger partial charge in [0.1, 0.15) is 0 Å². The molecular weight excluding hydrogens is 342 g/mol. The van der Waals surface area contributed by atoms with E-state index in [1.54, 1.807) is 30.3 Å². The van der Waals surface area contributed by atoms with E-state index >= 15 is 0 Å². The van der Waals surface area contributed by atoms with E-state index in [2.05, 4.69) is 15.8 Å². The highest BCUT2D eigenvalue weighted by Crippen LogP contribution is 2.27. The largest absolute Gasteiger partial charge is 0.490 e. The molecule has 0 aliphatic heterocycles. The van der Waals surface area contributed by atoms with Gasteiger partial charge in [0.05, 0.1) is 19.4 Å². The molecule has 0 saturated carbocycles. The molecule has 6 nitrogen and oxygen atoms in total. The number of nitrogens with one attached hydrogen (secondary N) is 2. The Bertz CT molecular complexity index is 733. The Balaban J connectivity index is 1.95. The van der Waals surface area contributed by atoms with Gasteiger partial charge >= 0.3 is 6.03 Å². The number of carbonyl (C=O) groups excluding carboxylic acids is 1. The Morgan fingerprint density at radius 2 is 1.76 bits per heavy atom. The number of halogens is 1. The normalized spacial score (nSPS) is 10.5. The summed E-state index contributed by atoms with van der Waals surface area (Å²) in [6.45, 7) is 4.90. The van der Waals surface area contributed by atoms with Gasteiger partial charge in [0.2, 0.25) is 0 Å². The van der Waals surface area contributed by atoms with Gasteiger partial charge in [-0.05, 0) is 61.9 Å². The van der Waals surface area contributed by atoms with E-state index < -0.39 is 6.03 Å². The molecule has 0 atom stereocenters. The van der Waals surface area contributed by atoms with Crippen molar-refractivity contribution in [3.63, 3.8) is 0 Å². The Morgan fingerprint density at radius 3 is 2.44 bits per heavy atom. The molecule has 0 heterocycles. The first kappa shape index (κ1) is 18.6. The molecule has 2 N–H and O–H groups in total. The summed E-state index contributed by atoms with van der Waals surface area (Å²) in [4.78, 5) is 11.8. The molecule has 2 aromatic rings. The first-order valence-corrected chi connectivity index (χ1v) is 8.25. The van der Waals surface area contributed by atoms with Crippen molar-refractivity contribution >= 4 is 29.5 Å². The zero-order valence-corrected chi connectivity index (χ0v) is 14.8. The number of hydrogen-bond acceptors (Lipinski definition) is 4. The van der Waals surface area contributed by atoms with Gasteiger partial charge in [-0.3, -0.25) is 0 Å². The van der Waals surface area contributed by atoms with Crippen molar-refractivity contribution in [3.8, 4) is 11.5 Å². The smallest absolute Gasteiger partial charge is 0.339 e. The van der Waals surface area contributed by atoms with Crippen molar-refractivity contribution in [2.75, 3.05) is 18.5 Å². The Hall–Kier alpha value is -2.73. The highest BCUT2D eigenvalue weighted by Gasteiger charge is 2.05. The summed E-state index contributed by atoms with van der Waals surface area (Å²) in [5, 5.41) is 7.17. The predicted molar refractivity (Wildman–Crippen MR) is 100.0 cm³/mol. The van der Waals surface area contributed by atoms with Crippen molar-refractivity contribution in [1.29, 1.82) is 0 Å². The van der Waals surface area contributed by atoms with Crippen molar-refractivity contribution in [2.45, 2.75) is 13.8 Å². The van der Waals surface area contributed by atoms with E-state index in [1.165, 1.54) is 6.21 Å². The molecule has 2 amide bonds. The molecule has 0 aliphatic rings. The van der Waals surface area contributed by atoms with Crippen LogP contribution in [0, 0.1) is 0 Å². The van der Waals surface area contributed by atoms with Crippen molar-refractivity contribution < 1.29 is 14.3 Å². The Labute approximate surface area is 151 Å². The lowest BCUT2D eigenvalue weighted by Gasteiger charge is -2.11. The van der Waals surface area contributed by atoms with Gasteiger partial charge in [-0.25, -0.2) is 10.2 Å².